The summed E-state index contributed by atoms with van der Waals surface area (Å²) >= 11 is 10.6. The Morgan fingerprint density at radius 1 is 0.742 bits per heavy atom. The minimum absolute atomic E-state index is 0.138. The van der Waals surface area contributed by atoms with Crippen LogP contribution < -0.4 is 9.47 Å². The third kappa shape index (κ3) is 7.13. The molecule has 0 fully saturated rings. The van der Waals surface area contributed by atoms with Crippen LogP contribution in [0.15, 0.2) is 47.0 Å². The molecule has 0 spiro atoms. The molecular weight excluding hydrogens is 490 g/mol. The van der Waals surface area contributed by atoms with Gasteiger partial charge in [-0.15, -0.1) is 0 Å². The van der Waals surface area contributed by atoms with Gasteiger partial charge in [0.1, 0.15) is 33.9 Å². The van der Waals surface area contributed by atoms with E-state index in [2.05, 4.69) is 0 Å². The van der Waals surface area contributed by atoms with Crippen LogP contribution in [0.5, 0.6) is 17.2 Å². The summed E-state index contributed by atoms with van der Waals surface area (Å²) in [6.07, 6.45) is -14.2. The summed E-state index contributed by atoms with van der Waals surface area (Å²) in [4.78, 5) is 0. The molecule has 0 heterocycles. The van der Waals surface area contributed by atoms with Crippen molar-refractivity contribution in [3.8, 4) is 17.2 Å². The number of rotatable bonds is 5. The maximum Gasteiger partial charge on any atom is 0.420 e. The summed E-state index contributed by atoms with van der Waals surface area (Å²) in [6.45, 7) is -0.436. The molecule has 0 saturated heterocycles. The van der Waals surface area contributed by atoms with Gasteiger partial charge in [0.2, 0.25) is 0 Å². The van der Waals surface area contributed by atoms with E-state index in [1.54, 1.807) is 0 Å². The first kappa shape index (κ1) is 25.0. The summed E-state index contributed by atoms with van der Waals surface area (Å²) < 4.78 is 127. The Kier molecular flexibility index (Phi) is 7.32. The first-order valence-electron chi connectivity index (χ1n) is 7.90. The Hall–Kier alpha value is -2.27. The van der Waals surface area contributed by atoms with E-state index in [1.807, 2.05) is 0 Å². The largest absolute Gasteiger partial charge is 0.489 e. The van der Waals surface area contributed by atoms with Crippen LogP contribution >= 0.6 is 23.2 Å². The maximum atomic E-state index is 13.3. The fourth-order valence-electron chi connectivity index (χ4n) is 2.24. The molecule has 2 rings (SSSR count). The predicted molar refractivity (Wildman–Crippen MR) is 93.2 cm³/mol. The van der Waals surface area contributed by atoms with Gasteiger partial charge in [0, 0.05) is 0 Å². The highest BCUT2D eigenvalue weighted by molar-refractivity contribution is 6.55. The van der Waals surface area contributed by atoms with Crippen molar-refractivity contribution in [2.75, 3.05) is 6.61 Å². The van der Waals surface area contributed by atoms with Crippen LogP contribution in [0, 0.1) is 0 Å². The summed E-state index contributed by atoms with van der Waals surface area (Å²) in [5.41, 5.74) is -4.75. The maximum absolute atomic E-state index is 13.3. The summed E-state index contributed by atoms with van der Waals surface area (Å²) in [5, 5.41) is 0. The van der Waals surface area contributed by atoms with Gasteiger partial charge >= 0.3 is 18.5 Å². The second-order valence-electron chi connectivity index (χ2n) is 5.80. The Balaban J connectivity index is 2.45. The van der Waals surface area contributed by atoms with E-state index in [-0.39, 0.29) is 22.7 Å². The Bertz CT molecular complexity index is 928. The van der Waals surface area contributed by atoms with Crippen molar-refractivity contribution < 1.29 is 49.0 Å². The van der Waals surface area contributed by atoms with Crippen LogP contribution in [-0.2, 0) is 18.5 Å². The molecular formula is C18H9Cl2F9O2. The van der Waals surface area contributed by atoms with Gasteiger partial charge in [-0.2, -0.15) is 39.5 Å². The third-order valence-corrected chi connectivity index (χ3v) is 3.84. The van der Waals surface area contributed by atoms with Crippen molar-refractivity contribution in [2.24, 2.45) is 0 Å². The smallest absolute Gasteiger partial charge is 0.420 e. The van der Waals surface area contributed by atoms with Crippen molar-refractivity contribution in [3.05, 3.63) is 63.7 Å². The van der Waals surface area contributed by atoms with Crippen LogP contribution in [-0.4, -0.2) is 6.61 Å². The lowest BCUT2D eigenvalue weighted by Crippen LogP contribution is -2.11. The Morgan fingerprint density at radius 2 is 1.29 bits per heavy atom. The number of benzene rings is 2. The van der Waals surface area contributed by atoms with Crippen LogP contribution in [0.3, 0.4) is 0 Å². The molecule has 0 aliphatic rings. The van der Waals surface area contributed by atoms with Gasteiger partial charge in [-0.3, -0.25) is 0 Å². The molecule has 13 heteroatoms. The summed E-state index contributed by atoms with van der Waals surface area (Å²) in [7, 11) is 0. The van der Waals surface area contributed by atoms with Gasteiger partial charge in [0.05, 0.1) is 11.1 Å². The molecule has 0 aromatic heterocycles. The lowest BCUT2D eigenvalue weighted by atomic mass is 10.1. The fourth-order valence-corrected chi connectivity index (χ4v) is 2.36. The van der Waals surface area contributed by atoms with Crippen molar-refractivity contribution in [1.29, 1.82) is 0 Å². The molecule has 0 radical (unpaired) electrons. The molecule has 0 N–H and O–H groups in total. The minimum atomic E-state index is -5.15. The van der Waals surface area contributed by atoms with Gasteiger partial charge in [-0.25, -0.2) is 0 Å². The molecule has 0 bridgehead atoms. The zero-order valence-electron chi connectivity index (χ0n) is 14.7. The molecule has 0 saturated carbocycles. The van der Waals surface area contributed by atoms with Crippen LogP contribution in [0.25, 0.3) is 0 Å². The standard InChI is InChI=1S/C18H9Cl2F9O2/c19-15(20)3-4-30-14-2-1-11(8-13(14)18(27,28)29)31-12-6-9(16(21,22)23)5-10(7-12)17(24,25)26/h1-3,5-8H,4H2. The Labute approximate surface area is 178 Å². The molecule has 0 aliphatic carbocycles. The zero-order valence-corrected chi connectivity index (χ0v) is 16.2. The van der Waals surface area contributed by atoms with Gasteiger partial charge in [-0.1, -0.05) is 23.2 Å². The monoisotopic (exact) mass is 498 g/mol. The van der Waals surface area contributed by atoms with E-state index >= 15 is 0 Å². The topological polar surface area (TPSA) is 18.5 Å². The van der Waals surface area contributed by atoms with Crippen LogP contribution in [0.1, 0.15) is 16.7 Å². The van der Waals surface area contributed by atoms with E-state index in [0.29, 0.717) is 6.07 Å². The molecule has 170 valence electrons. The molecule has 2 nitrogen and oxygen atoms in total. The van der Waals surface area contributed by atoms with E-state index < -0.39 is 59.1 Å². The lowest BCUT2D eigenvalue weighted by molar-refractivity contribution is -0.143. The zero-order chi connectivity index (χ0) is 23.6. The van der Waals surface area contributed by atoms with E-state index in [1.165, 1.54) is 0 Å². The van der Waals surface area contributed by atoms with Crippen molar-refractivity contribution >= 4 is 23.2 Å². The SMILES string of the molecule is FC(F)(F)c1cc(Oc2ccc(OCC=C(Cl)Cl)c(C(F)(F)F)c2)cc(C(F)(F)F)c1. The average molecular weight is 499 g/mol. The molecule has 2 aromatic rings. The van der Waals surface area contributed by atoms with Crippen LogP contribution in [0.4, 0.5) is 39.5 Å². The second kappa shape index (κ2) is 9.07. The highest BCUT2D eigenvalue weighted by atomic mass is 35.5. The summed E-state index contributed by atoms with van der Waals surface area (Å²) in [5.74, 6) is -2.32. The molecule has 2 aromatic carbocycles. The third-order valence-electron chi connectivity index (χ3n) is 3.53. The molecule has 0 unspecified atom stereocenters. The van der Waals surface area contributed by atoms with E-state index in [4.69, 9.17) is 32.7 Å². The summed E-state index contributed by atoms with van der Waals surface area (Å²) in [6, 6.07) is 2.37. The number of alkyl halides is 9. The lowest BCUT2D eigenvalue weighted by Gasteiger charge is -2.17. The van der Waals surface area contributed by atoms with E-state index in [9.17, 15) is 39.5 Å². The number of hydrogen-bond acceptors (Lipinski definition) is 2. The molecule has 0 aliphatic heterocycles. The minimum Gasteiger partial charge on any atom is -0.489 e. The molecule has 0 amide bonds. The predicted octanol–water partition coefficient (Wildman–Crippen LogP) is 8.23. The van der Waals surface area contributed by atoms with Gasteiger partial charge in [-0.05, 0) is 42.5 Å². The fraction of sp³-hybridized carbons (Fsp3) is 0.222. The van der Waals surface area contributed by atoms with Crippen molar-refractivity contribution in [1.82, 2.24) is 0 Å². The van der Waals surface area contributed by atoms with Crippen LogP contribution in [0.2, 0.25) is 0 Å². The quantitative estimate of drug-likeness (QED) is 0.386. The number of ether oxygens (including phenoxy) is 2. The highest BCUT2D eigenvalue weighted by Crippen LogP contribution is 2.42. The van der Waals surface area contributed by atoms with E-state index in [0.717, 1.165) is 18.2 Å². The Morgan fingerprint density at radius 3 is 1.74 bits per heavy atom. The molecule has 31 heavy (non-hydrogen) atoms. The molecule has 0 atom stereocenters. The average Bonchev–Trinajstić information content (AvgIpc) is 2.60. The van der Waals surface area contributed by atoms with Gasteiger partial charge in [0.15, 0.2) is 0 Å². The first-order valence-corrected chi connectivity index (χ1v) is 8.65. The number of halogens is 11. The van der Waals surface area contributed by atoms with Gasteiger partial charge < -0.3 is 9.47 Å². The highest BCUT2D eigenvalue weighted by Gasteiger charge is 2.38. The first-order chi connectivity index (χ1) is 14.1. The number of hydrogen-bond donors (Lipinski definition) is 0. The van der Waals surface area contributed by atoms with Crippen molar-refractivity contribution in [3.63, 3.8) is 0 Å². The second-order valence-corrected chi connectivity index (χ2v) is 6.81. The van der Waals surface area contributed by atoms with Gasteiger partial charge in [0.25, 0.3) is 0 Å². The van der Waals surface area contributed by atoms with Crippen molar-refractivity contribution in [2.45, 2.75) is 18.5 Å². The normalized spacial score (nSPS) is 12.5.